The van der Waals surface area contributed by atoms with E-state index in [-0.39, 0.29) is 11.9 Å². The molecule has 5 rings (SSSR count). The molecule has 0 aliphatic carbocycles. The largest absolute Gasteiger partial charge is 0.381 e. The lowest BCUT2D eigenvalue weighted by molar-refractivity contribution is 0.0743. The molecule has 150 valence electrons. The summed E-state index contributed by atoms with van der Waals surface area (Å²) in [6.45, 7) is 4.01. The smallest absolute Gasteiger partial charge is 0.254 e. The first kappa shape index (κ1) is 18.4. The first-order valence-electron chi connectivity index (χ1n) is 9.45. The van der Waals surface area contributed by atoms with Gasteiger partial charge in [-0.25, -0.2) is 9.97 Å². The highest BCUT2D eigenvalue weighted by molar-refractivity contribution is 7.18. The Kier molecular flexibility index (Phi) is 4.14. The van der Waals surface area contributed by atoms with E-state index in [2.05, 4.69) is 38.4 Å². The highest BCUT2D eigenvalue weighted by Crippen LogP contribution is 2.28. The van der Waals surface area contributed by atoms with Crippen LogP contribution < -0.4 is 5.73 Å². The number of nitrogens with two attached hydrogens (primary N) is 1. The van der Waals surface area contributed by atoms with Crippen LogP contribution in [-0.4, -0.2) is 42.4 Å². The van der Waals surface area contributed by atoms with Crippen molar-refractivity contribution in [1.82, 2.24) is 29.5 Å². The van der Waals surface area contributed by atoms with E-state index in [1.54, 1.807) is 45.2 Å². The number of nitrogen functional groups attached to an aromatic ring is 1. The van der Waals surface area contributed by atoms with Gasteiger partial charge in [-0.1, -0.05) is 6.07 Å². The van der Waals surface area contributed by atoms with E-state index in [1.165, 1.54) is 0 Å². The number of aryl methyl sites for hydroxylation is 1. The number of hydrogen-bond acceptors (Lipinski definition) is 7. The zero-order valence-electron chi connectivity index (χ0n) is 16.7. The van der Waals surface area contributed by atoms with Gasteiger partial charge in [-0.05, 0) is 49.7 Å². The van der Waals surface area contributed by atoms with Crippen molar-refractivity contribution in [1.29, 1.82) is 0 Å². The molecule has 30 heavy (non-hydrogen) atoms. The number of hydrogen-bond donors (Lipinski definition) is 1. The summed E-state index contributed by atoms with van der Waals surface area (Å²) in [4.78, 5) is 23.9. The van der Waals surface area contributed by atoms with Gasteiger partial charge in [0.1, 0.15) is 6.33 Å². The lowest BCUT2D eigenvalue weighted by Crippen LogP contribution is -2.29. The molecular weight excluding hydrogens is 398 g/mol. The summed E-state index contributed by atoms with van der Waals surface area (Å²) in [5, 5.41) is 8.94. The molecule has 0 bridgehead atoms. The Bertz CT molecular complexity index is 1440. The third-order valence-electron chi connectivity index (χ3n) is 5.40. The predicted octanol–water partition coefficient (Wildman–Crippen LogP) is 3.61. The van der Waals surface area contributed by atoms with E-state index in [1.807, 2.05) is 20.9 Å². The topological polar surface area (TPSA) is 102 Å². The molecule has 0 aliphatic rings. The molecule has 1 amide bonds. The van der Waals surface area contributed by atoms with Crippen LogP contribution in [0.3, 0.4) is 0 Å². The van der Waals surface area contributed by atoms with E-state index in [0.29, 0.717) is 22.5 Å². The quantitative estimate of drug-likeness (QED) is 0.481. The van der Waals surface area contributed by atoms with Gasteiger partial charge in [0.25, 0.3) is 5.91 Å². The van der Waals surface area contributed by atoms with Gasteiger partial charge >= 0.3 is 0 Å². The summed E-state index contributed by atoms with van der Waals surface area (Å²) >= 11 is 1.67. The molecule has 0 spiro atoms. The van der Waals surface area contributed by atoms with Gasteiger partial charge in [0.15, 0.2) is 5.82 Å². The van der Waals surface area contributed by atoms with Gasteiger partial charge in [0, 0.05) is 12.6 Å². The number of carbonyl (C=O) groups is 1. The molecule has 1 atom stereocenters. The van der Waals surface area contributed by atoms with Gasteiger partial charge in [-0.3, -0.25) is 9.20 Å². The molecule has 0 fully saturated rings. The number of fused-ring (bicyclic) bond motifs is 4. The number of amides is 1. The van der Waals surface area contributed by atoms with Crippen LogP contribution in [0.4, 0.5) is 5.82 Å². The summed E-state index contributed by atoms with van der Waals surface area (Å²) in [6, 6.07) is 11.4. The number of aromatic nitrogens is 5. The summed E-state index contributed by atoms with van der Waals surface area (Å²) in [5.74, 6) is 0.217. The first-order valence-corrected chi connectivity index (χ1v) is 10.3. The van der Waals surface area contributed by atoms with Crippen LogP contribution in [-0.2, 0) is 0 Å². The van der Waals surface area contributed by atoms with Crippen molar-refractivity contribution < 1.29 is 4.79 Å². The van der Waals surface area contributed by atoms with Crippen molar-refractivity contribution in [3.05, 3.63) is 58.9 Å². The number of benzene rings is 2. The maximum atomic E-state index is 13.2. The highest BCUT2D eigenvalue weighted by atomic mass is 32.1. The fourth-order valence-electron chi connectivity index (χ4n) is 3.63. The first-order chi connectivity index (χ1) is 14.4. The molecule has 2 N–H and O–H groups in total. The van der Waals surface area contributed by atoms with Crippen LogP contribution in [0.2, 0.25) is 0 Å². The normalized spacial score (nSPS) is 12.6. The Morgan fingerprint density at radius 2 is 2.00 bits per heavy atom. The van der Waals surface area contributed by atoms with Crippen LogP contribution in [0.5, 0.6) is 0 Å². The third-order valence-corrected chi connectivity index (χ3v) is 6.35. The average Bonchev–Trinajstić information content (AvgIpc) is 3.38. The minimum absolute atomic E-state index is 0.0861. The van der Waals surface area contributed by atoms with E-state index < -0.39 is 0 Å². The molecule has 0 saturated carbocycles. The lowest BCUT2D eigenvalue weighted by Gasteiger charge is -2.25. The van der Waals surface area contributed by atoms with Crippen LogP contribution in [0.15, 0.2) is 42.7 Å². The van der Waals surface area contributed by atoms with Gasteiger partial charge < -0.3 is 10.6 Å². The molecule has 0 aliphatic heterocycles. The molecule has 0 radical (unpaired) electrons. The molecule has 5 aromatic rings. The number of thiazole rings is 1. The van der Waals surface area contributed by atoms with Crippen molar-refractivity contribution >= 4 is 50.0 Å². The summed E-state index contributed by atoms with van der Waals surface area (Å²) in [7, 11) is 1.81. The van der Waals surface area contributed by atoms with Crippen LogP contribution >= 0.6 is 11.3 Å². The minimum atomic E-state index is -0.112. The standard InChI is InChI=1S/C21H19N7OS/c1-11(13-5-7-18-16(8-13)24-12(2)30-18)27(3)21(29)14-4-6-15-17(9-14)28-10-23-26-20(28)19(22)25-15/h4-11H,1-3H3,(H2,22,25). The van der Waals surface area contributed by atoms with Gasteiger partial charge in [0.2, 0.25) is 5.65 Å². The molecule has 0 saturated heterocycles. The number of carbonyl (C=O) groups excluding carboxylic acids is 1. The molecule has 9 heteroatoms. The third kappa shape index (κ3) is 2.86. The van der Waals surface area contributed by atoms with Crippen molar-refractivity contribution in [3.63, 3.8) is 0 Å². The second-order valence-corrected chi connectivity index (χ2v) is 8.51. The van der Waals surface area contributed by atoms with E-state index >= 15 is 0 Å². The highest BCUT2D eigenvalue weighted by Gasteiger charge is 2.21. The van der Waals surface area contributed by atoms with E-state index in [0.717, 1.165) is 26.3 Å². The summed E-state index contributed by atoms with van der Waals surface area (Å²) in [6.07, 6.45) is 1.57. The van der Waals surface area contributed by atoms with Gasteiger partial charge in [-0.15, -0.1) is 21.5 Å². The summed E-state index contributed by atoms with van der Waals surface area (Å²) < 4.78 is 2.90. The van der Waals surface area contributed by atoms with Crippen molar-refractivity contribution in [3.8, 4) is 0 Å². The SMILES string of the molecule is Cc1nc2cc(C(C)N(C)C(=O)c3ccc4nc(N)c5nncn5c4c3)ccc2s1. The number of anilines is 1. The summed E-state index contributed by atoms with van der Waals surface area (Å²) in [5.41, 5.74) is 10.4. The fraction of sp³-hybridized carbons (Fsp3) is 0.190. The Morgan fingerprint density at radius 3 is 2.83 bits per heavy atom. The second-order valence-electron chi connectivity index (χ2n) is 7.28. The zero-order chi connectivity index (χ0) is 21.0. The minimum Gasteiger partial charge on any atom is -0.381 e. The second kappa shape index (κ2) is 6.74. The van der Waals surface area contributed by atoms with Crippen LogP contribution in [0.1, 0.15) is 33.9 Å². The lowest BCUT2D eigenvalue weighted by atomic mass is 10.1. The molecule has 3 heterocycles. The van der Waals surface area contributed by atoms with Gasteiger partial charge in [-0.2, -0.15) is 0 Å². The van der Waals surface area contributed by atoms with Crippen LogP contribution in [0.25, 0.3) is 26.9 Å². The molecule has 3 aromatic heterocycles. The maximum absolute atomic E-state index is 13.2. The molecule has 1 unspecified atom stereocenters. The Labute approximate surface area is 176 Å². The van der Waals surface area contributed by atoms with E-state index in [9.17, 15) is 4.79 Å². The van der Waals surface area contributed by atoms with Crippen molar-refractivity contribution in [2.24, 2.45) is 0 Å². The Morgan fingerprint density at radius 1 is 1.17 bits per heavy atom. The Hall–Kier alpha value is -3.59. The Balaban J connectivity index is 1.50. The number of rotatable bonds is 3. The maximum Gasteiger partial charge on any atom is 0.254 e. The van der Waals surface area contributed by atoms with Gasteiger partial charge in [0.05, 0.1) is 32.3 Å². The van der Waals surface area contributed by atoms with E-state index in [4.69, 9.17) is 5.73 Å². The average molecular weight is 417 g/mol. The molecule has 2 aromatic carbocycles. The molecular formula is C21H19N7OS. The van der Waals surface area contributed by atoms with Crippen molar-refractivity contribution in [2.75, 3.05) is 12.8 Å². The van der Waals surface area contributed by atoms with Crippen molar-refractivity contribution in [2.45, 2.75) is 19.9 Å². The zero-order valence-corrected chi connectivity index (χ0v) is 17.5. The predicted molar refractivity (Wildman–Crippen MR) is 118 cm³/mol. The van der Waals surface area contributed by atoms with Crippen LogP contribution in [0, 0.1) is 6.92 Å². The molecule has 8 nitrogen and oxygen atoms in total. The fourth-order valence-corrected chi connectivity index (χ4v) is 4.44. The number of nitrogens with zero attached hydrogens (tertiary/aromatic N) is 6. The monoisotopic (exact) mass is 417 g/mol.